The average molecular weight is 472 g/mol. The number of methoxy groups -OCH3 is 1. The number of allylic oxidation sites excluding steroid dienone is 3. The van der Waals surface area contributed by atoms with Crippen molar-refractivity contribution in [3.63, 3.8) is 0 Å². The van der Waals surface area contributed by atoms with E-state index in [2.05, 4.69) is 10.2 Å². The Balaban J connectivity index is 2.02. The molecule has 3 N–H and O–H groups in total. The Morgan fingerprint density at radius 3 is 2.25 bits per heavy atom. The molecule has 2 heterocycles. The highest BCUT2D eigenvalue weighted by molar-refractivity contribution is 7.91. The molecule has 11 heteroatoms. The van der Waals surface area contributed by atoms with Crippen LogP contribution in [0.25, 0.3) is 0 Å². The number of urea groups is 1. The zero-order valence-electron chi connectivity index (χ0n) is 19.4. The molecular weight excluding hydrogens is 434 g/mol. The molecule has 0 atom stereocenters. The molecular formula is C21H37N5O5S. The molecule has 2 fully saturated rings. The third-order valence-corrected chi connectivity index (χ3v) is 8.82. The Labute approximate surface area is 191 Å². The van der Waals surface area contributed by atoms with Crippen molar-refractivity contribution in [2.24, 2.45) is 5.73 Å². The average Bonchev–Trinajstić information content (AvgIpc) is 2.80. The summed E-state index contributed by atoms with van der Waals surface area (Å²) in [5.41, 5.74) is 6.35. The normalized spacial score (nSPS) is 21.1. The van der Waals surface area contributed by atoms with E-state index < -0.39 is 20.7 Å². The molecule has 3 amide bonds. The molecule has 182 valence electrons. The highest BCUT2D eigenvalue weighted by Gasteiger charge is 2.54. The van der Waals surface area contributed by atoms with Gasteiger partial charge in [-0.15, -0.1) is 0 Å². The number of nitrogens with zero attached hydrogens (tertiary/aromatic N) is 3. The summed E-state index contributed by atoms with van der Waals surface area (Å²) in [7, 11) is -2.34. The second-order valence-corrected chi connectivity index (χ2v) is 10.3. The monoisotopic (exact) mass is 471 g/mol. The van der Waals surface area contributed by atoms with E-state index in [9.17, 15) is 18.0 Å². The van der Waals surface area contributed by atoms with Crippen LogP contribution in [-0.2, 0) is 19.6 Å². The summed E-state index contributed by atoms with van der Waals surface area (Å²) in [5, 5.41) is 2.84. The van der Waals surface area contributed by atoms with E-state index in [1.807, 2.05) is 26.0 Å². The molecule has 0 aromatic rings. The number of sulfonamides is 1. The number of amides is 3. The fourth-order valence-electron chi connectivity index (χ4n) is 4.03. The molecule has 2 saturated heterocycles. The number of nitrogens with two attached hydrogens (primary N) is 1. The lowest BCUT2D eigenvalue weighted by Crippen LogP contribution is -2.63. The van der Waals surface area contributed by atoms with Gasteiger partial charge in [0.05, 0.1) is 6.61 Å². The van der Waals surface area contributed by atoms with Gasteiger partial charge < -0.3 is 25.6 Å². The SMILES string of the molecule is C/C=C(\C=C/CC)NC(=O)N1CCN(S(=O)(=O)C2(C(N)=O)CCN(CCOC)CC2)CC1. The summed E-state index contributed by atoms with van der Waals surface area (Å²) in [6.45, 7) is 6.75. The number of likely N-dealkylation sites (tertiary alicyclic amines) is 1. The van der Waals surface area contributed by atoms with E-state index in [4.69, 9.17) is 10.5 Å². The van der Waals surface area contributed by atoms with Crippen molar-refractivity contribution < 1.29 is 22.7 Å². The predicted molar refractivity (Wildman–Crippen MR) is 123 cm³/mol. The molecule has 10 nitrogen and oxygen atoms in total. The first-order chi connectivity index (χ1) is 15.2. The fraction of sp³-hybridized carbons (Fsp3) is 0.714. The zero-order chi connectivity index (χ0) is 23.8. The largest absolute Gasteiger partial charge is 0.383 e. The minimum absolute atomic E-state index is 0.133. The number of carbonyl (C=O) groups is 2. The lowest BCUT2D eigenvalue weighted by molar-refractivity contribution is -0.121. The van der Waals surface area contributed by atoms with E-state index >= 15 is 0 Å². The molecule has 0 bridgehead atoms. The maximum absolute atomic E-state index is 13.5. The van der Waals surface area contributed by atoms with E-state index in [0.717, 1.165) is 6.42 Å². The summed E-state index contributed by atoms with van der Waals surface area (Å²) in [6.07, 6.45) is 6.76. The second-order valence-electron chi connectivity index (χ2n) is 8.07. The molecule has 0 unspecified atom stereocenters. The molecule has 2 aliphatic rings. The van der Waals surface area contributed by atoms with E-state index in [1.165, 1.54) is 4.31 Å². The summed E-state index contributed by atoms with van der Waals surface area (Å²) >= 11 is 0. The number of piperazine rings is 1. The van der Waals surface area contributed by atoms with Gasteiger partial charge in [0.15, 0.2) is 4.75 Å². The standard InChI is InChI=1S/C21H37N5O5S/c1-4-6-7-18(5-2)23-20(28)25-12-14-26(15-13-25)32(29,30)21(19(22)27)8-10-24(11-9-21)16-17-31-3/h5-7H,4,8-17H2,1-3H3,(H2,22,27)(H,23,28)/b7-6-,18-5+. The van der Waals surface area contributed by atoms with Crippen molar-refractivity contribution in [2.45, 2.75) is 37.9 Å². The maximum atomic E-state index is 13.5. The molecule has 0 aromatic carbocycles. The minimum Gasteiger partial charge on any atom is -0.383 e. The van der Waals surface area contributed by atoms with Crippen LogP contribution in [0.5, 0.6) is 0 Å². The molecule has 0 spiro atoms. The van der Waals surface area contributed by atoms with E-state index in [1.54, 1.807) is 18.1 Å². The van der Waals surface area contributed by atoms with Crippen molar-refractivity contribution in [3.8, 4) is 0 Å². The number of ether oxygens (including phenoxy) is 1. The quantitative estimate of drug-likeness (QED) is 0.471. The summed E-state index contributed by atoms with van der Waals surface area (Å²) in [6, 6.07) is -0.271. The molecule has 2 aliphatic heterocycles. The van der Waals surface area contributed by atoms with Gasteiger partial charge in [0.25, 0.3) is 0 Å². The number of carbonyl (C=O) groups excluding carboxylic acids is 2. The van der Waals surface area contributed by atoms with Gasteiger partial charge in [-0.05, 0) is 32.3 Å². The molecule has 2 rings (SSSR count). The Morgan fingerprint density at radius 2 is 1.75 bits per heavy atom. The Hall–Kier alpha value is -1.95. The third kappa shape index (κ3) is 5.89. The van der Waals surface area contributed by atoms with Crippen LogP contribution in [0, 0.1) is 0 Å². The molecule has 0 radical (unpaired) electrons. The molecule has 0 saturated carbocycles. The van der Waals surface area contributed by atoms with Crippen molar-refractivity contribution in [1.82, 2.24) is 19.4 Å². The van der Waals surface area contributed by atoms with Crippen LogP contribution < -0.4 is 11.1 Å². The Bertz CT molecular complexity index is 810. The van der Waals surface area contributed by atoms with Crippen LogP contribution >= 0.6 is 0 Å². The first-order valence-electron chi connectivity index (χ1n) is 11.1. The summed E-state index contributed by atoms with van der Waals surface area (Å²) in [4.78, 5) is 28.6. The van der Waals surface area contributed by atoms with Crippen LogP contribution in [0.2, 0.25) is 0 Å². The van der Waals surface area contributed by atoms with Gasteiger partial charge in [-0.25, -0.2) is 13.2 Å². The highest BCUT2D eigenvalue weighted by Crippen LogP contribution is 2.33. The summed E-state index contributed by atoms with van der Waals surface area (Å²) < 4.78 is 31.8. The van der Waals surface area contributed by atoms with Gasteiger partial charge in [-0.3, -0.25) is 4.79 Å². The van der Waals surface area contributed by atoms with E-state index in [-0.39, 0.29) is 45.1 Å². The van der Waals surface area contributed by atoms with Crippen molar-refractivity contribution in [3.05, 3.63) is 23.9 Å². The van der Waals surface area contributed by atoms with Gasteiger partial charge in [0.1, 0.15) is 0 Å². The van der Waals surface area contributed by atoms with Crippen molar-refractivity contribution in [2.75, 3.05) is 59.5 Å². The maximum Gasteiger partial charge on any atom is 0.321 e. The molecule has 0 aromatic heterocycles. The van der Waals surface area contributed by atoms with Crippen LogP contribution in [0.15, 0.2) is 23.9 Å². The number of hydrogen-bond donors (Lipinski definition) is 2. The zero-order valence-corrected chi connectivity index (χ0v) is 20.2. The molecule has 0 aliphatic carbocycles. The van der Waals surface area contributed by atoms with Gasteiger partial charge in [0.2, 0.25) is 15.9 Å². The molecule has 32 heavy (non-hydrogen) atoms. The lowest BCUT2D eigenvalue weighted by Gasteiger charge is -2.43. The van der Waals surface area contributed by atoms with Gasteiger partial charge in [-0.1, -0.05) is 19.1 Å². The van der Waals surface area contributed by atoms with Crippen molar-refractivity contribution >= 4 is 22.0 Å². The topological polar surface area (TPSA) is 125 Å². The smallest absolute Gasteiger partial charge is 0.321 e. The number of rotatable bonds is 9. The summed E-state index contributed by atoms with van der Waals surface area (Å²) in [5.74, 6) is -0.801. The minimum atomic E-state index is -3.96. The van der Waals surface area contributed by atoms with Gasteiger partial charge >= 0.3 is 6.03 Å². The third-order valence-electron chi connectivity index (χ3n) is 6.18. The number of piperidine rings is 1. The number of hydrogen-bond acceptors (Lipinski definition) is 6. The fourth-order valence-corrected chi connectivity index (χ4v) is 6.12. The van der Waals surface area contributed by atoms with Crippen LogP contribution in [0.3, 0.4) is 0 Å². The Morgan fingerprint density at radius 1 is 1.12 bits per heavy atom. The lowest BCUT2D eigenvalue weighted by atomic mass is 9.95. The second kappa shape index (κ2) is 11.8. The van der Waals surface area contributed by atoms with Crippen LogP contribution in [0.1, 0.15) is 33.1 Å². The van der Waals surface area contributed by atoms with Gasteiger partial charge in [-0.2, -0.15) is 4.31 Å². The van der Waals surface area contributed by atoms with Crippen molar-refractivity contribution in [1.29, 1.82) is 0 Å². The first kappa shape index (κ1) is 26.3. The predicted octanol–water partition coefficient (Wildman–Crippen LogP) is 0.480. The van der Waals surface area contributed by atoms with E-state index in [0.29, 0.717) is 31.9 Å². The van der Waals surface area contributed by atoms with Crippen LogP contribution in [-0.4, -0.2) is 98.7 Å². The number of nitrogens with one attached hydrogen (secondary N) is 1. The highest BCUT2D eigenvalue weighted by atomic mass is 32.2. The number of primary amides is 1. The first-order valence-corrected chi connectivity index (χ1v) is 12.6. The Kier molecular flexibility index (Phi) is 9.68. The van der Waals surface area contributed by atoms with Gasteiger partial charge in [0, 0.05) is 58.6 Å². The van der Waals surface area contributed by atoms with Crippen LogP contribution in [0.4, 0.5) is 4.79 Å².